The number of anilines is 1. The summed E-state index contributed by atoms with van der Waals surface area (Å²) in [5.41, 5.74) is 3.65. The van der Waals surface area contributed by atoms with Crippen LogP contribution in [0, 0.1) is 19.3 Å². The van der Waals surface area contributed by atoms with E-state index >= 15 is 0 Å². The van der Waals surface area contributed by atoms with Crippen LogP contribution in [-0.4, -0.2) is 49.1 Å². The summed E-state index contributed by atoms with van der Waals surface area (Å²) in [5, 5.41) is 3.13. The van der Waals surface area contributed by atoms with E-state index < -0.39 is 5.54 Å². The van der Waals surface area contributed by atoms with E-state index in [1.54, 1.807) is 0 Å². The van der Waals surface area contributed by atoms with Gasteiger partial charge in [-0.1, -0.05) is 46.8 Å². The normalized spacial score (nSPS) is 15.8. The molecule has 1 aromatic rings. The molecule has 0 spiro atoms. The van der Waals surface area contributed by atoms with Crippen LogP contribution in [0.1, 0.15) is 59.6 Å². The third-order valence-corrected chi connectivity index (χ3v) is 5.32. The van der Waals surface area contributed by atoms with Gasteiger partial charge in [-0.25, -0.2) is 0 Å². The number of hydrogen-bond acceptors (Lipinski definition) is 3. The molecule has 0 saturated carbocycles. The smallest absolute Gasteiger partial charge is 0.239 e. The van der Waals surface area contributed by atoms with E-state index in [-0.39, 0.29) is 11.3 Å². The minimum absolute atomic E-state index is 0.104. The molecule has 0 aliphatic carbocycles. The summed E-state index contributed by atoms with van der Waals surface area (Å²) >= 11 is 0. The van der Waals surface area contributed by atoms with Gasteiger partial charge < -0.3 is 10.2 Å². The first kappa shape index (κ1) is 23.5. The Kier molecular flexibility index (Phi) is 8.34. The van der Waals surface area contributed by atoms with Crippen LogP contribution in [0.5, 0.6) is 0 Å². The SMILES string of the molecule is CC.Cc1cccc(N2CCN(C(C)(C)C(=O)NCC(C)(C)C)CC2)c1C. The van der Waals surface area contributed by atoms with Crippen molar-refractivity contribution in [2.75, 3.05) is 37.6 Å². The number of rotatable bonds is 4. The van der Waals surface area contributed by atoms with Crippen molar-refractivity contribution in [3.8, 4) is 0 Å². The van der Waals surface area contributed by atoms with E-state index in [0.29, 0.717) is 6.54 Å². The van der Waals surface area contributed by atoms with Crippen molar-refractivity contribution in [1.82, 2.24) is 10.2 Å². The molecule has 0 aromatic heterocycles. The first-order valence-corrected chi connectivity index (χ1v) is 10.4. The van der Waals surface area contributed by atoms with Gasteiger partial charge in [0.15, 0.2) is 0 Å². The number of carbonyl (C=O) groups excluding carboxylic acids is 1. The van der Waals surface area contributed by atoms with Gasteiger partial charge >= 0.3 is 0 Å². The molecule has 1 heterocycles. The minimum atomic E-state index is -0.473. The molecule has 4 nitrogen and oxygen atoms in total. The average molecular weight is 376 g/mol. The molecule has 0 radical (unpaired) electrons. The van der Waals surface area contributed by atoms with Gasteiger partial charge in [0.1, 0.15) is 0 Å². The standard InChI is InChI=1S/C21H35N3O.C2H6/c1-16-9-8-10-18(17(16)2)23-11-13-24(14-12-23)21(6,7)19(25)22-15-20(3,4)5;1-2/h8-10H,11-15H2,1-7H3,(H,22,25);1-2H3. The quantitative estimate of drug-likeness (QED) is 0.847. The van der Waals surface area contributed by atoms with Gasteiger partial charge in [-0.2, -0.15) is 0 Å². The summed E-state index contributed by atoms with van der Waals surface area (Å²) in [7, 11) is 0. The fraction of sp³-hybridized carbons (Fsp3) is 0.696. The maximum atomic E-state index is 12.7. The number of aryl methyl sites for hydroxylation is 1. The summed E-state index contributed by atoms with van der Waals surface area (Å²) in [6, 6.07) is 6.50. The molecule has 1 fully saturated rings. The average Bonchev–Trinajstić information content (AvgIpc) is 2.63. The lowest BCUT2D eigenvalue weighted by atomic mass is 9.95. The zero-order valence-corrected chi connectivity index (χ0v) is 19.1. The predicted molar refractivity (Wildman–Crippen MR) is 118 cm³/mol. The summed E-state index contributed by atoms with van der Waals surface area (Å²) in [6.45, 7) is 23.3. The van der Waals surface area contributed by atoms with E-state index in [2.05, 4.69) is 67.9 Å². The van der Waals surface area contributed by atoms with Crippen LogP contribution in [0.25, 0.3) is 0 Å². The first-order chi connectivity index (χ1) is 12.5. The van der Waals surface area contributed by atoms with Crippen LogP contribution in [0.4, 0.5) is 5.69 Å². The summed E-state index contributed by atoms with van der Waals surface area (Å²) in [4.78, 5) is 17.5. The van der Waals surface area contributed by atoms with Crippen molar-refractivity contribution in [3.63, 3.8) is 0 Å². The van der Waals surface area contributed by atoms with E-state index in [0.717, 1.165) is 26.2 Å². The first-order valence-electron chi connectivity index (χ1n) is 10.4. The zero-order chi connectivity index (χ0) is 20.8. The second-order valence-corrected chi connectivity index (χ2v) is 9.00. The van der Waals surface area contributed by atoms with Gasteiger partial charge in [0, 0.05) is 38.4 Å². The molecule has 27 heavy (non-hydrogen) atoms. The summed E-state index contributed by atoms with van der Waals surface area (Å²) in [6.07, 6.45) is 0. The summed E-state index contributed by atoms with van der Waals surface area (Å²) in [5.74, 6) is 0.127. The monoisotopic (exact) mass is 375 g/mol. The highest BCUT2D eigenvalue weighted by Crippen LogP contribution is 2.26. The third kappa shape index (κ3) is 6.24. The maximum absolute atomic E-state index is 12.7. The molecule has 1 aliphatic heterocycles. The lowest BCUT2D eigenvalue weighted by molar-refractivity contribution is -0.132. The van der Waals surface area contributed by atoms with E-state index in [1.807, 2.05) is 27.7 Å². The highest BCUT2D eigenvalue weighted by Gasteiger charge is 2.36. The lowest BCUT2D eigenvalue weighted by Gasteiger charge is -2.44. The van der Waals surface area contributed by atoms with Crippen LogP contribution >= 0.6 is 0 Å². The van der Waals surface area contributed by atoms with E-state index in [4.69, 9.17) is 0 Å². The molecule has 1 aliphatic rings. The van der Waals surface area contributed by atoms with Gasteiger partial charge in [-0.3, -0.25) is 9.69 Å². The molecule has 2 rings (SSSR count). The van der Waals surface area contributed by atoms with E-state index in [1.165, 1.54) is 16.8 Å². The Morgan fingerprint density at radius 3 is 2.07 bits per heavy atom. The Bertz CT molecular complexity index is 609. The molecule has 0 unspecified atom stereocenters. The molecular formula is C23H41N3O. The van der Waals surface area contributed by atoms with Crippen LogP contribution < -0.4 is 10.2 Å². The van der Waals surface area contributed by atoms with Crippen molar-refractivity contribution in [1.29, 1.82) is 0 Å². The number of piperazine rings is 1. The molecule has 1 N–H and O–H groups in total. The Hall–Kier alpha value is -1.55. The Balaban J connectivity index is 0.00000176. The van der Waals surface area contributed by atoms with Crippen LogP contribution in [0.3, 0.4) is 0 Å². The molecule has 1 amide bonds. The maximum Gasteiger partial charge on any atom is 0.239 e. The number of nitrogens with one attached hydrogen (secondary N) is 1. The van der Waals surface area contributed by atoms with Crippen LogP contribution in [0.2, 0.25) is 0 Å². The molecule has 1 saturated heterocycles. The molecule has 1 aromatic carbocycles. The third-order valence-electron chi connectivity index (χ3n) is 5.32. The van der Waals surface area contributed by atoms with Gasteiger partial charge in [-0.15, -0.1) is 0 Å². The molecule has 154 valence electrons. The second-order valence-electron chi connectivity index (χ2n) is 9.00. The predicted octanol–water partition coefficient (Wildman–Crippen LogP) is 4.39. The highest BCUT2D eigenvalue weighted by molar-refractivity contribution is 5.85. The highest BCUT2D eigenvalue weighted by atomic mass is 16.2. The van der Waals surface area contributed by atoms with Crippen molar-refractivity contribution in [2.45, 2.75) is 67.9 Å². The topological polar surface area (TPSA) is 35.6 Å². The molecule has 0 bridgehead atoms. The van der Waals surface area contributed by atoms with Crippen LogP contribution in [-0.2, 0) is 4.79 Å². The number of nitrogens with zero attached hydrogens (tertiary/aromatic N) is 2. The molecular weight excluding hydrogens is 334 g/mol. The van der Waals surface area contributed by atoms with Crippen molar-refractivity contribution < 1.29 is 4.79 Å². The van der Waals surface area contributed by atoms with Crippen molar-refractivity contribution in [3.05, 3.63) is 29.3 Å². The minimum Gasteiger partial charge on any atom is -0.369 e. The molecule has 0 atom stereocenters. The number of carbonyl (C=O) groups is 1. The van der Waals surface area contributed by atoms with Gasteiger partial charge in [0.25, 0.3) is 0 Å². The number of benzene rings is 1. The fourth-order valence-corrected chi connectivity index (χ4v) is 3.29. The Morgan fingerprint density at radius 1 is 1.00 bits per heavy atom. The second kappa shape index (κ2) is 9.59. The van der Waals surface area contributed by atoms with Gasteiger partial charge in [0.05, 0.1) is 5.54 Å². The van der Waals surface area contributed by atoms with Crippen molar-refractivity contribution >= 4 is 11.6 Å². The van der Waals surface area contributed by atoms with Crippen LogP contribution in [0.15, 0.2) is 18.2 Å². The van der Waals surface area contributed by atoms with Gasteiger partial charge in [-0.05, 0) is 50.3 Å². The number of hydrogen-bond donors (Lipinski definition) is 1. The lowest BCUT2D eigenvalue weighted by Crippen LogP contribution is -2.61. The van der Waals surface area contributed by atoms with Crippen molar-refractivity contribution in [2.24, 2.45) is 5.41 Å². The summed E-state index contributed by atoms with van der Waals surface area (Å²) < 4.78 is 0. The number of amides is 1. The van der Waals surface area contributed by atoms with Gasteiger partial charge in [0.2, 0.25) is 5.91 Å². The zero-order valence-electron chi connectivity index (χ0n) is 19.1. The Labute approximate surface area is 167 Å². The largest absolute Gasteiger partial charge is 0.369 e. The Morgan fingerprint density at radius 2 is 1.56 bits per heavy atom. The fourth-order valence-electron chi connectivity index (χ4n) is 3.29. The molecule has 4 heteroatoms. The van der Waals surface area contributed by atoms with E-state index in [9.17, 15) is 4.79 Å².